The van der Waals surface area contributed by atoms with Gasteiger partial charge in [0.1, 0.15) is 0 Å². The zero-order chi connectivity index (χ0) is 15.8. The molecule has 4 aromatic rings. The van der Waals surface area contributed by atoms with Gasteiger partial charge in [-0.05, 0) is 0 Å². The number of rotatable bonds is 3. The molecule has 0 fully saturated rings. The Balaban J connectivity index is 1.75. The number of benzene rings is 3. The van der Waals surface area contributed by atoms with Crippen molar-refractivity contribution in [1.29, 1.82) is 0 Å². The monoisotopic (exact) mass is 495 g/mol. The van der Waals surface area contributed by atoms with Crippen molar-refractivity contribution >= 4 is 47.7 Å². The molecule has 0 spiro atoms. The van der Waals surface area contributed by atoms with E-state index in [2.05, 4.69) is 56.1 Å². The summed E-state index contributed by atoms with van der Waals surface area (Å²) in [6, 6.07) is 21.2. The van der Waals surface area contributed by atoms with E-state index in [1.54, 1.807) is 7.11 Å². The predicted molar refractivity (Wildman–Crippen MR) is 94.2 cm³/mol. The van der Waals surface area contributed by atoms with Gasteiger partial charge in [-0.3, -0.25) is 0 Å². The van der Waals surface area contributed by atoms with Gasteiger partial charge in [-0.1, -0.05) is 0 Å². The summed E-state index contributed by atoms with van der Waals surface area (Å²) in [6.07, 6.45) is 0.909. The standard InChI is InChI=1S/C19H15N2O.Pb/c1-22-16-9-8-14-10-13(6-7-15(14)12-16)11-19-17-4-2-3-5-18(17)20-21-19;/h2-10,12H,11H2,1H3;/q-1;+1. The predicted octanol–water partition coefficient (Wildman–Crippen LogP) is 3.72. The van der Waals surface area contributed by atoms with E-state index in [4.69, 9.17) is 4.74 Å². The summed E-state index contributed by atoms with van der Waals surface area (Å²) in [5.74, 6) is 0.897. The summed E-state index contributed by atoms with van der Waals surface area (Å²) in [7, 11) is 1.70. The van der Waals surface area contributed by atoms with Gasteiger partial charge in [0, 0.05) is 0 Å². The van der Waals surface area contributed by atoms with Gasteiger partial charge in [0.25, 0.3) is 0 Å². The second-order valence-electron chi connectivity index (χ2n) is 5.60. The van der Waals surface area contributed by atoms with Crippen LogP contribution in [0.25, 0.3) is 21.7 Å². The SMILES string of the molecule is COc1ccc2cc(Cc3c4ccccc4n[n]3[Pb])ccc2c1. The zero-order valence-corrected chi connectivity index (χ0v) is 16.7. The number of hydrogen-bond donors (Lipinski definition) is 0. The van der Waals surface area contributed by atoms with E-state index >= 15 is 0 Å². The second-order valence-corrected chi connectivity index (χ2v) is 7.25. The van der Waals surface area contributed by atoms with Gasteiger partial charge in [0.15, 0.2) is 0 Å². The van der Waals surface area contributed by atoms with Crippen molar-refractivity contribution in [3.05, 3.63) is 71.9 Å². The Bertz CT molecular complexity index is 1010. The summed E-state index contributed by atoms with van der Waals surface area (Å²) in [5, 5.41) is 8.37. The number of nitrogens with zero attached hydrogens (tertiary/aromatic N) is 2. The minimum atomic E-state index is 0.897. The van der Waals surface area contributed by atoms with Crippen LogP contribution in [-0.4, -0.2) is 40.8 Å². The molecule has 0 saturated carbocycles. The van der Waals surface area contributed by atoms with Crippen LogP contribution in [0.1, 0.15) is 11.3 Å². The van der Waals surface area contributed by atoms with E-state index in [1.165, 1.54) is 27.4 Å². The average molecular weight is 495 g/mol. The molecule has 0 aliphatic carbocycles. The van der Waals surface area contributed by atoms with Gasteiger partial charge in [-0.2, -0.15) is 0 Å². The van der Waals surface area contributed by atoms with Crippen molar-refractivity contribution in [2.75, 3.05) is 7.11 Å². The summed E-state index contributed by atoms with van der Waals surface area (Å²) in [5.41, 5.74) is 3.70. The van der Waals surface area contributed by atoms with E-state index in [0.717, 1.165) is 43.8 Å². The van der Waals surface area contributed by atoms with Gasteiger partial charge < -0.3 is 0 Å². The molecule has 3 nitrogen and oxygen atoms in total. The fraction of sp³-hybridized carbons (Fsp3) is 0.105. The number of hydrogen-bond acceptors (Lipinski definition) is 2. The van der Waals surface area contributed by atoms with Crippen molar-refractivity contribution in [3.8, 4) is 5.75 Å². The molecule has 1 heterocycles. The topological polar surface area (TPSA) is 27.1 Å². The first-order valence-corrected chi connectivity index (χ1v) is 9.23. The Kier molecular flexibility index (Phi) is 3.81. The van der Waals surface area contributed by atoms with Crippen molar-refractivity contribution < 1.29 is 4.74 Å². The summed E-state index contributed by atoms with van der Waals surface area (Å²) in [4.78, 5) is 0. The van der Waals surface area contributed by atoms with E-state index in [1.807, 2.05) is 12.1 Å². The van der Waals surface area contributed by atoms with Crippen LogP contribution in [0, 0.1) is 0 Å². The summed E-state index contributed by atoms with van der Waals surface area (Å²) in [6.45, 7) is 0. The maximum atomic E-state index is 5.29. The zero-order valence-electron chi connectivity index (χ0n) is 12.8. The first-order valence-electron chi connectivity index (χ1n) is 7.49. The molecule has 3 aromatic carbocycles. The third-order valence-electron chi connectivity index (χ3n) is 4.16. The molecular formula is C19H15N2OPb. The van der Waals surface area contributed by atoms with E-state index < -0.39 is 0 Å². The van der Waals surface area contributed by atoms with Crippen LogP contribution in [0.15, 0.2) is 60.7 Å². The van der Waals surface area contributed by atoms with Crippen molar-refractivity contribution in [1.82, 2.24) is 7.59 Å². The number of fused-ring (bicyclic) bond motifs is 2. The summed E-state index contributed by atoms with van der Waals surface area (Å²) >= 11 is 0.897. The second kappa shape index (κ2) is 5.96. The molecule has 4 heteroatoms. The fourth-order valence-electron chi connectivity index (χ4n) is 2.96. The van der Waals surface area contributed by atoms with Gasteiger partial charge >= 0.3 is 151 Å². The van der Waals surface area contributed by atoms with Crippen molar-refractivity contribution in [3.63, 3.8) is 0 Å². The normalized spacial score (nSPS) is 11.2. The van der Waals surface area contributed by atoms with Gasteiger partial charge in [0.05, 0.1) is 0 Å². The molecule has 0 amide bonds. The Labute approximate surface area is 151 Å². The van der Waals surface area contributed by atoms with Crippen molar-refractivity contribution in [2.24, 2.45) is 0 Å². The third kappa shape index (κ3) is 2.74. The molecule has 0 aliphatic heterocycles. The number of aromatic nitrogens is 2. The summed E-state index contributed by atoms with van der Waals surface area (Å²) < 4.78 is 7.42. The molecule has 3 radical (unpaired) electrons. The Hall–Kier alpha value is -1.89. The van der Waals surface area contributed by atoms with Crippen LogP contribution in [0.4, 0.5) is 0 Å². The van der Waals surface area contributed by atoms with E-state index in [9.17, 15) is 0 Å². The molecule has 0 atom stereocenters. The molecule has 0 aliphatic rings. The molecule has 111 valence electrons. The maximum absolute atomic E-state index is 5.29. The first kappa shape index (κ1) is 14.7. The van der Waals surface area contributed by atoms with Gasteiger partial charge in [0.2, 0.25) is 0 Å². The van der Waals surface area contributed by atoms with Crippen LogP contribution in [0.3, 0.4) is 0 Å². The van der Waals surface area contributed by atoms with Gasteiger partial charge in [-0.15, -0.1) is 0 Å². The van der Waals surface area contributed by atoms with E-state index in [0.29, 0.717) is 0 Å². The van der Waals surface area contributed by atoms with Crippen molar-refractivity contribution in [2.45, 2.75) is 6.42 Å². The molecular weight excluding hydrogens is 479 g/mol. The van der Waals surface area contributed by atoms with Crippen LogP contribution >= 0.6 is 0 Å². The van der Waals surface area contributed by atoms with Gasteiger partial charge in [-0.25, -0.2) is 0 Å². The third-order valence-corrected chi connectivity index (χ3v) is 5.60. The quantitative estimate of drug-likeness (QED) is 0.406. The number of ether oxygens (including phenoxy) is 1. The first-order chi connectivity index (χ1) is 11.2. The molecule has 0 unspecified atom stereocenters. The average Bonchev–Trinajstić information content (AvgIpc) is 2.90. The molecule has 23 heavy (non-hydrogen) atoms. The van der Waals surface area contributed by atoms with Crippen LogP contribution in [0.5, 0.6) is 5.75 Å². The minimum absolute atomic E-state index is 0.897. The number of methoxy groups -OCH3 is 1. The molecule has 0 bridgehead atoms. The Morgan fingerprint density at radius 2 is 1.78 bits per heavy atom. The van der Waals surface area contributed by atoms with Crippen LogP contribution in [0.2, 0.25) is 0 Å². The van der Waals surface area contributed by atoms with Crippen LogP contribution < -0.4 is 4.74 Å². The Morgan fingerprint density at radius 3 is 2.65 bits per heavy atom. The molecule has 1 aromatic heterocycles. The molecule has 4 rings (SSSR count). The molecule has 0 N–H and O–H groups in total. The van der Waals surface area contributed by atoms with E-state index in [-0.39, 0.29) is 0 Å². The fourth-order valence-corrected chi connectivity index (χ4v) is 4.16. The Morgan fingerprint density at radius 1 is 1.00 bits per heavy atom. The van der Waals surface area contributed by atoms with Crippen LogP contribution in [-0.2, 0) is 6.42 Å². The molecule has 0 saturated heterocycles.